The SMILES string of the molecule is O=C(c1c(-c2ccccc2)n(Cc2ccccc2)c2ccccc12)C(F)(F)C(F)(F)C(F)(F)C(F)(F)C(F)(F)C(F)(F)C(F)(F)F. The first kappa shape index (κ1) is 34.7. The molecule has 4 rings (SSSR count). The van der Waals surface area contributed by atoms with Crippen LogP contribution in [0.2, 0.25) is 0 Å². The Balaban J connectivity index is 1.96. The van der Waals surface area contributed by atoms with Crippen molar-refractivity contribution in [3.8, 4) is 11.3 Å². The summed E-state index contributed by atoms with van der Waals surface area (Å²) < 4.78 is 210. The zero-order chi connectivity index (χ0) is 34.7. The number of rotatable bonds is 10. The van der Waals surface area contributed by atoms with Crippen molar-refractivity contribution >= 4 is 16.7 Å². The van der Waals surface area contributed by atoms with Crippen LogP contribution >= 0.6 is 0 Å². The molecule has 1 heterocycles. The average Bonchev–Trinajstić information content (AvgIpc) is 3.30. The molecule has 0 saturated heterocycles. The van der Waals surface area contributed by atoms with Crippen LogP contribution in [0, 0.1) is 0 Å². The fourth-order valence-electron chi connectivity index (χ4n) is 4.63. The van der Waals surface area contributed by atoms with Gasteiger partial charge in [0.1, 0.15) is 0 Å². The predicted octanol–water partition coefficient (Wildman–Crippen LogP) is 9.91. The van der Waals surface area contributed by atoms with Crippen molar-refractivity contribution < 1.29 is 70.7 Å². The molecular weight excluding hydrogens is 663 g/mol. The van der Waals surface area contributed by atoms with Crippen molar-refractivity contribution in [3.63, 3.8) is 0 Å². The molecule has 2 nitrogen and oxygen atoms in total. The minimum absolute atomic E-state index is 0.166. The number of nitrogens with zero attached hydrogens (tertiary/aromatic N) is 1. The molecule has 3 aromatic carbocycles. The van der Waals surface area contributed by atoms with E-state index in [2.05, 4.69) is 0 Å². The van der Waals surface area contributed by atoms with Crippen molar-refractivity contribution in [1.82, 2.24) is 4.57 Å². The number of Topliss-reactive ketones (excluding diaryl/α,β-unsaturated/α-hetero) is 1. The fourth-order valence-corrected chi connectivity index (χ4v) is 4.63. The van der Waals surface area contributed by atoms with Gasteiger partial charge in [-0.05, 0) is 17.2 Å². The van der Waals surface area contributed by atoms with Gasteiger partial charge in [0.25, 0.3) is 0 Å². The zero-order valence-electron chi connectivity index (χ0n) is 22.3. The largest absolute Gasteiger partial charge is 0.460 e. The highest BCUT2D eigenvalue weighted by molar-refractivity contribution is 6.16. The highest BCUT2D eigenvalue weighted by atomic mass is 19.4. The molecule has 4 aromatic rings. The highest BCUT2D eigenvalue weighted by Crippen LogP contribution is 2.62. The highest BCUT2D eigenvalue weighted by Gasteiger charge is 2.94. The van der Waals surface area contributed by atoms with E-state index in [-0.39, 0.29) is 17.6 Å². The average molecular weight is 679 g/mol. The molecular formula is C29H16F15NO. The molecule has 248 valence electrons. The quantitative estimate of drug-likeness (QED) is 0.121. The first-order valence-corrected chi connectivity index (χ1v) is 12.6. The third-order valence-electron chi connectivity index (χ3n) is 7.04. The molecule has 0 saturated carbocycles. The van der Waals surface area contributed by atoms with Crippen LogP contribution in [0.25, 0.3) is 22.2 Å². The number of benzene rings is 3. The summed E-state index contributed by atoms with van der Waals surface area (Å²) in [4.78, 5) is 13.2. The number of ketones is 1. The lowest BCUT2D eigenvalue weighted by Crippen LogP contribution is -2.73. The summed E-state index contributed by atoms with van der Waals surface area (Å²) in [5.74, 6) is -51.9. The van der Waals surface area contributed by atoms with E-state index >= 15 is 8.78 Å². The standard InChI is InChI=1S/C29H16F15NO/c30-23(31,24(32,33)25(34,35)26(36,37)27(38,39)28(40,41)29(42,43)44)22(46)20-18-13-7-8-14-19(18)45(15-16-9-3-1-4-10-16)21(20)17-11-5-2-6-12-17/h1-14H,15H2. The number of carbonyl (C=O) groups is 1. The van der Waals surface area contributed by atoms with Gasteiger partial charge >= 0.3 is 41.7 Å². The van der Waals surface area contributed by atoms with Gasteiger partial charge in [-0.3, -0.25) is 4.79 Å². The Labute approximate surface area is 248 Å². The third-order valence-corrected chi connectivity index (χ3v) is 7.04. The number of fused-ring (bicyclic) bond motifs is 1. The van der Waals surface area contributed by atoms with Gasteiger partial charge in [0.2, 0.25) is 5.78 Å². The summed E-state index contributed by atoms with van der Waals surface area (Å²) in [6.07, 6.45) is -7.73. The number of alkyl halides is 15. The van der Waals surface area contributed by atoms with Crippen molar-refractivity contribution in [1.29, 1.82) is 0 Å². The number of carbonyl (C=O) groups excluding carboxylic acids is 1. The second-order valence-electron chi connectivity index (χ2n) is 9.95. The van der Waals surface area contributed by atoms with Crippen LogP contribution in [0.3, 0.4) is 0 Å². The Hall–Kier alpha value is -4.18. The van der Waals surface area contributed by atoms with Crippen molar-refractivity contribution in [2.45, 2.75) is 48.3 Å². The molecule has 0 aliphatic carbocycles. The molecule has 0 N–H and O–H groups in total. The van der Waals surface area contributed by atoms with E-state index in [1.165, 1.54) is 54.6 Å². The van der Waals surface area contributed by atoms with Crippen LogP contribution in [-0.4, -0.2) is 52.1 Å². The molecule has 46 heavy (non-hydrogen) atoms. The number of hydrogen-bond acceptors (Lipinski definition) is 1. The number of halogens is 15. The summed E-state index contributed by atoms with van der Waals surface area (Å²) in [5.41, 5.74) is -2.09. The Morgan fingerprint density at radius 2 is 0.957 bits per heavy atom. The first-order chi connectivity index (χ1) is 21.0. The van der Waals surface area contributed by atoms with Crippen LogP contribution in [0.1, 0.15) is 15.9 Å². The van der Waals surface area contributed by atoms with Crippen molar-refractivity contribution in [2.24, 2.45) is 0 Å². The van der Waals surface area contributed by atoms with Crippen LogP contribution in [-0.2, 0) is 6.54 Å². The van der Waals surface area contributed by atoms with Crippen LogP contribution in [0.15, 0.2) is 84.9 Å². The second kappa shape index (κ2) is 11.0. The number of aromatic nitrogens is 1. The minimum atomic E-state index is -8.50. The summed E-state index contributed by atoms with van der Waals surface area (Å²) >= 11 is 0. The summed E-state index contributed by atoms with van der Waals surface area (Å²) in [6.45, 7) is -0.298. The third kappa shape index (κ3) is 4.89. The minimum Gasteiger partial charge on any atom is -0.335 e. The zero-order valence-corrected chi connectivity index (χ0v) is 22.3. The molecule has 0 fully saturated rings. The molecule has 17 heteroatoms. The molecule has 0 aliphatic rings. The summed E-state index contributed by atoms with van der Waals surface area (Å²) in [5, 5.41) is -0.637. The Morgan fingerprint density at radius 1 is 0.522 bits per heavy atom. The molecule has 0 aliphatic heterocycles. The smallest absolute Gasteiger partial charge is 0.335 e. The lowest BCUT2D eigenvalue weighted by molar-refractivity contribution is -0.449. The monoisotopic (exact) mass is 679 g/mol. The van der Waals surface area contributed by atoms with E-state index < -0.39 is 64.1 Å². The van der Waals surface area contributed by atoms with E-state index in [0.29, 0.717) is 5.56 Å². The van der Waals surface area contributed by atoms with E-state index in [1.54, 1.807) is 6.07 Å². The maximum Gasteiger partial charge on any atom is 0.460 e. The van der Waals surface area contributed by atoms with Gasteiger partial charge < -0.3 is 4.57 Å². The number of hydrogen-bond donors (Lipinski definition) is 0. The fraction of sp³-hybridized carbons (Fsp3) is 0.276. The van der Waals surface area contributed by atoms with E-state index in [0.717, 1.165) is 28.8 Å². The van der Waals surface area contributed by atoms with Crippen LogP contribution in [0.5, 0.6) is 0 Å². The van der Waals surface area contributed by atoms with E-state index in [4.69, 9.17) is 0 Å². The number of para-hydroxylation sites is 1. The lowest BCUT2D eigenvalue weighted by Gasteiger charge is -2.41. The molecule has 0 unspecified atom stereocenters. The first-order valence-electron chi connectivity index (χ1n) is 12.6. The van der Waals surface area contributed by atoms with Gasteiger partial charge in [0, 0.05) is 17.4 Å². The van der Waals surface area contributed by atoms with Gasteiger partial charge in [0.05, 0.1) is 11.3 Å². The molecule has 0 atom stereocenters. The van der Waals surface area contributed by atoms with E-state index in [1.807, 2.05) is 0 Å². The Bertz CT molecular complexity index is 1730. The molecule has 0 amide bonds. The maximum absolute atomic E-state index is 15.3. The van der Waals surface area contributed by atoms with E-state index in [9.17, 15) is 61.9 Å². The van der Waals surface area contributed by atoms with Gasteiger partial charge in [-0.1, -0.05) is 78.9 Å². The van der Waals surface area contributed by atoms with Gasteiger partial charge in [-0.2, -0.15) is 65.9 Å². The van der Waals surface area contributed by atoms with Crippen molar-refractivity contribution in [2.75, 3.05) is 0 Å². The topological polar surface area (TPSA) is 22.0 Å². The summed E-state index contributed by atoms with van der Waals surface area (Å²) in [7, 11) is 0. The summed E-state index contributed by atoms with van der Waals surface area (Å²) in [6, 6.07) is 18.4. The predicted molar refractivity (Wildman–Crippen MR) is 133 cm³/mol. The van der Waals surface area contributed by atoms with Gasteiger partial charge in [0.15, 0.2) is 0 Å². The maximum atomic E-state index is 15.3. The van der Waals surface area contributed by atoms with Crippen molar-refractivity contribution in [3.05, 3.63) is 96.1 Å². The van der Waals surface area contributed by atoms with Crippen LogP contribution < -0.4 is 0 Å². The molecule has 0 spiro atoms. The van der Waals surface area contributed by atoms with Crippen LogP contribution in [0.4, 0.5) is 65.9 Å². The Morgan fingerprint density at radius 3 is 1.48 bits per heavy atom. The lowest BCUT2D eigenvalue weighted by atomic mass is 9.87. The normalized spacial score (nSPS) is 14.2. The molecule has 0 bridgehead atoms. The van der Waals surface area contributed by atoms with Gasteiger partial charge in [-0.25, -0.2) is 0 Å². The second-order valence-corrected chi connectivity index (χ2v) is 9.95. The Kier molecular flexibility index (Phi) is 8.27. The molecule has 1 aromatic heterocycles. The molecule has 0 radical (unpaired) electrons. The van der Waals surface area contributed by atoms with Gasteiger partial charge in [-0.15, -0.1) is 0 Å².